The number of unbranched alkanes of at least 4 members (excludes halogenated alkanes) is 2. The van der Waals surface area contributed by atoms with E-state index in [1.165, 1.54) is 25.5 Å². The molecule has 0 N–H and O–H groups in total. The number of halogens is 4. The third kappa shape index (κ3) is 5.05. The summed E-state index contributed by atoms with van der Waals surface area (Å²) in [4.78, 5) is 0. The van der Waals surface area contributed by atoms with Gasteiger partial charge in [0, 0.05) is 17.0 Å². The highest BCUT2D eigenvalue weighted by Gasteiger charge is 2.27. The predicted molar refractivity (Wildman–Crippen MR) is 128 cm³/mol. The zero-order valence-corrected chi connectivity index (χ0v) is 19.6. The lowest BCUT2D eigenvalue weighted by molar-refractivity contribution is -0.00277. The summed E-state index contributed by atoms with van der Waals surface area (Å²) in [5, 5.41) is 0. The number of hydrogen-bond acceptors (Lipinski definition) is 1. The summed E-state index contributed by atoms with van der Waals surface area (Å²) in [5.41, 5.74) is 1.77. The second-order valence-electron chi connectivity index (χ2n) is 9.19. The summed E-state index contributed by atoms with van der Waals surface area (Å²) < 4.78 is 64.3. The normalized spacial score (nSPS) is 18.3. The van der Waals surface area contributed by atoms with E-state index in [9.17, 15) is 8.78 Å². The molecule has 1 heterocycles. The highest BCUT2D eigenvalue weighted by atomic mass is 19.2. The van der Waals surface area contributed by atoms with Crippen molar-refractivity contribution in [3.8, 4) is 22.3 Å². The van der Waals surface area contributed by atoms with Crippen molar-refractivity contribution in [1.29, 1.82) is 0 Å². The SMILES string of the molecule is CCCCCC1CCC(c2ccc(-c3ccc(-c4ccc(C)c(F)c4F)cc3)c(F)c2F)CO1. The van der Waals surface area contributed by atoms with E-state index in [2.05, 4.69) is 6.92 Å². The van der Waals surface area contributed by atoms with Crippen molar-refractivity contribution in [2.45, 2.75) is 64.4 Å². The number of rotatable bonds is 7. The van der Waals surface area contributed by atoms with Crippen LogP contribution in [0.3, 0.4) is 0 Å². The van der Waals surface area contributed by atoms with Crippen molar-refractivity contribution in [1.82, 2.24) is 0 Å². The van der Waals surface area contributed by atoms with E-state index in [1.54, 1.807) is 36.4 Å². The van der Waals surface area contributed by atoms with Gasteiger partial charge in [0.1, 0.15) is 0 Å². The smallest absolute Gasteiger partial charge is 0.166 e. The van der Waals surface area contributed by atoms with Gasteiger partial charge >= 0.3 is 0 Å². The predicted octanol–water partition coefficient (Wildman–Crippen LogP) is 8.73. The molecule has 34 heavy (non-hydrogen) atoms. The van der Waals surface area contributed by atoms with Gasteiger partial charge in [-0.2, -0.15) is 0 Å². The molecule has 0 bridgehead atoms. The lowest BCUT2D eigenvalue weighted by Crippen LogP contribution is -2.25. The van der Waals surface area contributed by atoms with Crippen molar-refractivity contribution in [3.05, 3.63) is 82.9 Å². The molecule has 3 aromatic rings. The molecule has 1 aliphatic heterocycles. The summed E-state index contributed by atoms with van der Waals surface area (Å²) >= 11 is 0. The minimum absolute atomic E-state index is 0.127. The number of aryl methyl sites for hydroxylation is 1. The van der Waals surface area contributed by atoms with E-state index >= 15 is 8.78 Å². The lowest BCUT2D eigenvalue weighted by Gasteiger charge is -2.29. The van der Waals surface area contributed by atoms with Crippen LogP contribution in [0.2, 0.25) is 0 Å². The molecule has 0 aromatic heterocycles. The van der Waals surface area contributed by atoms with Crippen LogP contribution in [0.15, 0.2) is 48.5 Å². The van der Waals surface area contributed by atoms with Crippen LogP contribution in [0.5, 0.6) is 0 Å². The Hall–Kier alpha value is -2.66. The number of hydrogen-bond donors (Lipinski definition) is 0. The highest BCUT2D eigenvalue weighted by Crippen LogP contribution is 2.36. The van der Waals surface area contributed by atoms with Gasteiger partial charge in [0.25, 0.3) is 0 Å². The molecule has 1 nitrogen and oxygen atoms in total. The standard InChI is InChI=1S/C29H30F4O/c1-3-4-5-6-22-13-12-21(17-34-22)25-16-15-24(28(32)29(25)33)20-10-8-19(9-11-20)23-14-7-18(2)26(30)27(23)31/h7-11,14-16,21-22H,3-6,12-13,17H2,1-2H3. The molecule has 5 heteroatoms. The minimum Gasteiger partial charge on any atom is -0.378 e. The van der Waals surface area contributed by atoms with E-state index < -0.39 is 23.3 Å². The quantitative estimate of drug-likeness (QED) is 0.248. The first-order valence-corrected chi connectivity index (χ1v) is 12.1. The Balaban J connectivity index is 1.50. The highest BCUT2D eigenvalue weighted by molar-refractivity contribution is 5.71. The van der Waals surface area contributed by atoms with Gasteiger partial charge in [-0.05, 0) is 48.4 Å². The van der Waals surface area contributed by atoms with Crippen molar-refractivity contribution in [2.24, 2.45) is 0 Å². The first kappa shape index (κ1) is 24.5. The molecule has 0 radical (unpaired) electrons. The average molecular weight is 471 g/mol. The molecule has 2 atom stereocenters. The van der Waals surface area contributed by atoms with Crippen LogP contribution in [0.4, 0.5) is 17.6 Å². The molecule has 0 amide bonds. The molecule has 0 saturated carbocycles. The fourth-order valence-corrected chi connectivity index (χ4v) is 4.70. The first-order chi connectivity index (χ1) is 16.4. The molecular weight excluding hydrogens is 440 g/mol. The average Bonchev–Trinajstić information content (AvgIpc) is 2.85. The van der Waals surface area contributed by atoms with Gasteiger partial charge in [-0.25, -0.2) is 17.6 Å². The molecule has 1 aliphatic rings. The van der Waals surface area contributed by atoms with Crippen LogP contribution in [0.25, 0.3) is 22.3 Å². The Kier molecular flexibility index (Phi) is 7.72. The number of ether oxygens (including phenoxy) is 1. The molecule has 3 aromatic carbocycles. The summed E-state index contributed by atoms with van der Waals surface area (Å²) in [6.07, 6.45) is 6.34. The van der Waals surface area contributed by atoms with E-state index in [0.29, 0.717) is 23.3 Å². The van der Waals surface area contributed by atoms with E-state index in [1.807, 2.05) is 0 Å². The van der Waals surface area contributed by atoms with Crippen LogP contribution >= 0.6 is 0 Å². The molecular formula is C29H30F4O. The largest absolute Gasteiger partial charge is 0.378 e. The van der Waals surface area contributed by atoms with Crippen LogP contribution < -0.4 is 0 Å². The molecule has 2 unspecified atom stereocenters. The van der Waals surface area contributed by atoms with Gasteiger partial charge in [-0.3, -0.25) is 0 Å². The van der Waals surface area contributed by atoms with Gasteiger partial charge in [-0.1, -0.05) is 74.7 Å². The van der Waals surface area contributed by atoms with Crippen molar-refractivity contribution >= 4 is 0 Å². The maximum Gasteiger partial charge on any atom is 0.166 e. The minimum atomic E-state index is -0.920. The zero-order chi connectivity index (χ0) is 24.2. The van der Waals surface area contributed by atoms with Crippen LogP contribution in [0, 0.1) is 30.2 Å². The van der Waals surface area contributed by atoms with Gasteiger partial charge in [0.05, 0.1) is 12.7 Å². The molecule has 0 aliphatic carbocycles. The molecule has 1 fully saturated rings. The summed E-state index contributed by atoms with van der Waals surface area (Å²) in [6, 6.07) is 12.6. The summed E-state index contributed by atoms with van der Waals surface area (Å²) in [5.74, 6) is -3.71. The first-order valence-electron chi connectivity index (χ1n) is 12.1. The maximum atomic E-state index is 15.0. The Morgan fingerprint density at radius 3 is 1.94 bits per heavy atom. The Labute approximate surface area is 198 Å². The Morgan fingerprint density at radius 1 is 0.735 bits per heavy atom. The number of benzene rings is 3. The molecule has 180 valence electrons. The van der Waals surface area contributed by atoms with Gasteiger partial charge < -0.3 is 4.74 Å². The third-order valence-corrected chi connectivity index (χ3v) is 6.83. The van der Waals surface area contributed by atoms with Crippen LogP contribution in [-0.4, -0.2) is 12.7 Å². The van der Waals surface area contributed by atoms with E-state index in [-0.39, 0.29) is 28.7 Å². The fraction of sp³-hybridized carbons (Fsp3) is 0.379. The van der Waals surface area contributed by atoms with E-state index in [0.717, 1.165) is 32.1 Å². The van der Waals surface area contributed by atoms with Gasteiger partial charge in [0.15, 0.2) is 23.3 Å². The molecule has 4 rings (SSSR count). The molecule has 1 saturated heterocycles. The lowest BCUT2D eigenvalue weighted by atomic mass is 9.88. The second kappa shape index (κ2) is 10.7. The Morgan fingerprint density at radius 2 is 1.35 bits per heavy atom. The second-order valence-corrected chi connectivity index (χ2v) is 9.19. The van der Waals surface area contributed by atoms with Crippen molar-refractivity contribution in [3.63, 3.8) is 0 Å². The summed E-state index contributed by atoms with van der Waals surface area (Å²) in [7, 11) is 0. The topological polar surface area (TPSA) is 9.23 Å². The van der Waals surface area contributed by atoms with Crippen LogP contribution in [-0.2, 0) is 4.74 Å². The van der Waals surface area contributed by atoms with Crippen molar-refractivity contribution < 1.29 is 22.3 Å². The molecule has 0 spiro atoms. The van der Waals surface area contributed by atoms with E-state index in [4.69, 9.17) is 4.74 Å². The maximum absolute atomic E-state index is 15.0. The van der Waals surface area contributed by atoms with Gasteiger partial charge in [-0.15, -0.1) is 0 Å². The zero-order valence-electron chi connectivity index (χ0n) is 19.6. The Bertz CT molecular complexity index is 1130. The third-order valence-electron chi connectivity index (χ3n) is 6.83. The monoisotopic (exact) mass is 470 g/mol. The summed E-state index contributed by atoms with van der Waals surface area (Å²) in [6.45, 7) is 4.07. The fourth-order valence-electron chi connectivity index (χ4n) is 4.70. The van der Waals surface area contributed by atoms with Gasteiger partial charge in [0.2, 0.25) is 0 Å². The van der Waals surface area contributed by atoms with Crippen molar-refractivity contribution in [2.75, 3.05) is 6.61 Å². The van der Waals surface area contributed by atoms with Crippen LogP contribution in [0.1, 0.15) is 62.5 Å².